The molecule has 2 aliphatic rings. The van der Waals surface area contributed by atoms with Crippen LogP contribution in [0.4, 0.5) is 0 Å². The Labute approximate surface area is 128 Å². The number of rotatable bonds is 5. The molecule has 118 valence electrons. The van der Waals surface area contributed by atoms with Crippen LogP contribution in [0.25, 0.3) is 0 Å². The molecule has 1 N–H and O–H groups in total. The number of aryl methyl sites for hydroxylation is 1. The molecule has 21 heavy (non-hydrogen) atoms. The summed E-state index contributed by atoms with van der Waals surface area (Å²) in [7, 11) is 0. The van der Waals surface area contributed by atoms with Crippen molar-refractivity contribution in [1.29, 1.82) is 0 Å². The Morgan fingerprint density at radius 1 is 1.14 bits per heavy atom. The van der Waals surface area contributed by atoms with Gasteiger partial charge in [-0.05, 0) is 45.2 Å². The average Bonchev–Trinajstić information content (AvgIpc) is 3.02. The summed E-state index contributed by atoms with van der Waals surface area (Å²) in [6, 6.07) is 0.934. The number of hydrogen-bond acceptors (Lipinski definition) is 4. The monoisotopic (exact) mass is 291 g/mol. The van der Waals surface area contributed by atoms with E-state index in [-0.39, 0.29) is 0 Å². The molecule has 5 heteroatoms. The van der Waals surface area contributed by atoms with Crippen molar-refractivity contribution in [2.45, 2.75) is 65.1 Å². The molecule has 3 heterocycles. The van der Waals surface area contributed by atoms with Crippen molar-refractivity contribution in [1.82, 2.24) is 25.0 Å². The third-order valence-electron chi connectivity index (χ3n) is 4.72. The highest BCUT2D eigenvalue weighted by molar-refractivity contribution is 5.04. The van der Waals surface area contributed by atoms with E-state index < -0.39 is 0 Å². The Bertz CT molecular complexity index is 459. The Hall–Kier alpha value is -0.940. The van der Waals surface area contributed by atoms with Gasteiger partial charge >= 0.3 is 0 Å². The van der Waals surface area contributed by atoms with E-state index in [4.69, 9.17) is 0 Å². The third-order valence-corrected chi connectivity index (χ3v) is 4.72. The number of nitrogens with one attached hydrogen (secondary N) is 1. The summed E-state index contributed by atoms with van der Waals surface area (Å²) in [6.07, 6.45) is 4.81. The van der Waals surface area contributed by atoms with Gasteiger partial charge in [0.05, 0.1) is 6.04 Å². The first-order valence-electron chi connectivity index (χ1n) is 8.54. The van der Waals surface area contributed by atoms with E-state index in [0.29, 0.717) is 12.1 Å². The molecule has 1 atom stereocenters. The lowest BCUT2D eigenvalue weighted by atomic mass is 10.0. The van der Waals surface area contributed by atoms with Gasteiger partial charge < -0.3 is 14.8 Å². The van der Waals surface area contributed by atoms with Crippen LogP contribution in [0.3, 0.4) is 0 Å². The molecule has 1 aromatic heterocycles. The molecule has 1 aromatic rings. The standard InChI is InChI=1S/C16H29N5/c1-12(2)11-20-9-6-14(7-10-20)17-13(3)16-19-18-15-5-4-8-21(15)16/h12-14,17H,4-11H2,1-3H3. The molecular weight excluding hydrogens is 262 g/mol. The lowest BCUT2D eigenvalue weighted by molar-refractivity contribution is 0.174. The number of hydrogen-bond donors (Lipinski definition) is 1. The summed E-state index contributed by atoms with van der Waals surface area (Å²) in [5.41, 5.74) is 0. The number of fused-ring (bicyclic) bond motifs is 1. The van der Waals surface area contributed by atoms with E-state index in [9.17, 15) is 0 Å². The zero-order valence-electron chi connectivity index (χ0n) is 13.7. The van der Waals surface area contributed by atoms with Crippen LogP contribution in [-0.2, 0) is 13.0 Å². The van der Waals surface area contributed by atoms with Crippen LogP contribution in [0.1, 0.15) is 57.7 Å². The van der Waals surface area contributed by atoms with Crippen molar-refractivity contribution in [3.05, 3.63) is 11.6 Å². The van der Waals surface area contributed by atoms with Gasteiger partial charge in [0, 0.05) is 25.6 Å². The first kappa shape index (κ1) is 15.0. The van der Waals surface area contributed by atoms with E-state index in [0.717, 1.165) is 24.7 Å². The maximum Gasteiger partial charge on any atom is 0.149 e. The predicted molar refractivity (Wildman–Crippen MR) is 84.2 cm³/mol. The van der Waals surface area contributed by atoms with Crippen molar-refractivity contribution in [3.8, 4) is 0 Å². The minimum absolute atomic E-state index is 0.311. The second-order valence-corrected chi connectivity index (χ2v) is 7.09. The smallest absolute Gasteiger partial charge is 0.149 e. The molecule has 1 unspecified atom stereocenters. The summed E-state index contributed by atoms with van der Waals surface area (Å²) >= 11 is 0. The number of nitrogens with zero attached hydrogens (tertiary/aromatic N) is 4. The van der Waals surface area contributed by atoms with Gasteiger partial charge in [0.2, 0.25) is 0 Å². The van der Waals surface area contributed by atoms with Gasteiger partial charge in [-0.2, -0.15) is 0 Å². The van der Waals surface area contributed by atoms with Crippen molar-refractivity contribution >= 4 is 0 Å². The zero-order chi connectivity index (χ0) is 14.8. The van der Waals surface area contributed by atoms with Gasteiger partial charge in [0.15, 0.2) is 0 Å². The summed E-state index contributed by atoms with van der Waals surface area (Å²) in [5, 5.41) is 12.5. The van der Waals surface area contributed by atoms with Crippen molar-refractivity contribution < 1.29 is 0 Å². The lowest BCUT2D eigenvalue weighted by Crippen LogP contribution is -2.44. The highest BCUT2D eigenvalue weighted by atomic mass is 15.3. The van der Waals surface area contributed by atoms with Gasteiger partial charge in [-0.1, -0.05) is 13.8 Å². The Kier molecular flexibility index (Phi) is 4.60. The molecular formula is C16H29N5. The fourth-order valence-corrected chi connectivity index (χ4v) is 3.72. The number of piperidine rings is 1. The lowest BCUT2D eigenvalue weighted by Gasteiger charge is -2.34. The van der Waals surface area contributed by atoms with Crippen LogP contribution in [-0.4, -0.2) is 45.3 Å². The second kappa shape index (κ2) is 6.44. The fourth-order valence-electron chi connectivity index (χ4n) is 3.72. The maximum atomic E-state index is 4.40. The van der Waals surface area contributed by atoms with E-state index in [2.05, 4.69) is 45.8 Å². The molecule has 1 fully saturated rings. The van der Waals surface area contributed by atoms with Crippen LogP contribution in [0.5, 0.6) is 0 Å². The molecule has 0 amide bonds. The quantitative estimate of drug-likeness (QED) is 0.901. The number of aromatic nitrogens is 3. The minimum Gasteiger partial charge on any atom is -0.314 e. The summed E-state index contributed by atoms with van der Waals surface area (Å²) in [5.74, 6) is 3.07. The van der Waals surface area contributed by atoms with E-state index in [1.165, 1.54) is 44.7 Å². The van der Waals surface area contributed by atoms with Gasteiger partial charge in [0.25, 0.3) is 0 Å². The van der Waals surface area contributed by atoms with E-state index in [1.807, 2.05) is 0 Å². The minimum atomic E-state index is 0.311. The SMILES string of the molecule is CC(C)CN1CCC(NC(C)c2nnc3n2CCC3)CC1. The first-order valence-corrected chi connectivity index (χ1v) is 8.54. The van der Waals surface area contributed by atoms with Crippen LogP contribution in [0.15, 0.2) is 0 Å². The van der Waals surface area contributed by atoms with Crippen molar-refractivity contribution in [3.63, 3.8) is 0 Å². The molecule has 0 aromatic carbocycles. The summed E-state index contributed by atoms with van der Waals surface area (Å²) < 4.78 is 2.31. The Balaban J connectivity index is 1.51. The van der Waals surface area contributed by atoms with Crippen LogP contribution < -0.4 is 5.32 Å². The number of likely N-dealkylation sites (tertiary alicyclic amines) is 1. The first-order chi connectivity index (χ1) is 10.1. The van der Waals surface area contributed by atoms with Crippen molar-refractivity contribution in [2.24, 2.45) is 5.92 Å². The molecule has 0 aliphatic carbocycles. The normalized spacial score (nSPS) is 21.9. The predicted octanol–water partition coefficient (Wildman–Crippen LogP) is 2.00. The molecule has 0 spiro atoms. The molecule has 5 nitrogen and oxygen atoms in total. The van der Waals surface area contributed by atoms with E-state index in [1.54, 1.807) is 0 Å². The van der Waals surface area contributed by atoms with Gasteiger partial charge in [-0.3, -0.25) is 0 Å². The topological polar surface area (TPSA) is 46.0 Å². The molecule has 0 saturated carbocycles. The molecule has 2 aliphatic heterocycles. The van der Waals surface area contributed by atoms with Crippen LogP contribution >= 0.6 is 0 Å². The van der Waals surface area contributed by atoms with E-state index >= 15 is 0 Å². The second-order valence-electron chi connectivity index (χ2n) is 7.09. The van der Waals surface area contributed by atoms with Gasteiger partial charge in [-0.15, -0.1) is 10.2 Å². The third kappa shape index (κ3) is 3.46. The molecule has 0 radical (unpaired) electrons. The fraction of sp³-hybridized carbons (Fsp3) is 0.875. The molecule has 3 rings (SSSR count). The largest absolute Gasteiger partial charge is 0.314 e. The molecule has 1 saturated heterocycles. The van der Waals surface area contributed by atoms with Gasteiger partial charge in [0.1, 0.15) is 11.6 Å². The highest BCUT2D eigenvalue weighted by Crippen LogP contribution is 2.21. The van der Waals surface area contributed by atoms with Gasteiger partial charge in [-0.25, -0.2) is 0 Å². The maximum absolute atomic E-state index is 4.40. The average molecular weight is 291 g/mol. The highest BCUT2D eigenvalue weighted by Gasteiger charge is 2.25. The zero-order valence-corrected chi connectivity index (χ0v) is 13.7. The Morgan fingerprint density at radius 2 is 1.90 bits per heavy atom. The summed E-state index contributed by atoms with van der Waals surface area (Å²) in [6.45, 7) is 11.6. The summed E-state index contributed by atoms with van der Waals surface area (Å²) in [4.78, 5) is 2.60. The molecule has 0 bridgehead atoms. The van der Waals surface area contributed by atoms with Crippen LogP contribution in [0.2, 0.25) is 0 Å². The van der Waals surface area contributed by atoms with Crippen molar-refractivity contribution in [2.75, 3.05) is 19.6 Å². The van der Waals surface area contributed by atoms with Crippen LogP contribution in [0, 0.1) is 5.92 Å². The Morgan fingerprint density at radius 3 is 2.62 bits per heavy atom.